The van der Waals surface area contributed by atoms with Crippen molar-refractivity contribution in [3.63, 3.8) is 0 Å². The van der Waals surface area contributed by atoms with Crippen LogP contribution in [0.3, 0.4) is 0 Å². The van der Waals surface area contributed by atoms with Crippen LogP contribution in [-0.2, 0) is 0 Å². The van der Waals surface area contributed by atoms with Crippen molar-refractivity contribution in [2.75, 3.05) is 7.05 Å². The van der Waals surface area contributed by atoms with Gasteiger partial charge in [-0.1, -0.05) is 6.92 Å². The Labute approximate surface area is 96.7 Å². The summed E-state index contributed by atoms with van der Waals surface area (Å²) >= 11 is 0. The quantitative estimate of drug-likeness (QED) is 0.852. The zero-order valence-electron chi connectivity index (χ0n) is 10.3. The molecule has 0 aliphatic carbocycles. The highest BCUT2D eigenvalue weighted by atomic mass is 16.3. The number of aryl methyl sites for hydroxylation is 1. The molecule has 0 heterocycles. The average Bonchev–Trinajstić information content (AvgIpc) is 2.26. The lowest BCUT2D eigenvalue weighted by atomic mass is 10.1. The van der Waals surface area contributed by atoms with E-state index in [0.717, 1.165) is 12.0 Å². The number of carbonyl (C=O) groups excluding carboxylic acids is 1. The number of hydrogen-bond acceptors (Lipinski definition) is 2. The Morgan fingerprint density at radius 2 is 2.12 bits per heavy atom. The molecule has 1 N–H and O–H groups in total. The smallest absolute Gasteiger partial charge is 0.254 e. The molecule has 1 aromatic rings. The Hall–Kier alpha value is -1.51. The molecule has 0 aliphatic rings. The Balaban J connectivity index is 2.96. The number of nitrogens with zero attached hydrogens (tertiary/aromatic N) is 1. The molecule has 0 saturated heterocycles. The average molecular weight is 221 g/mol. The molecule has 1 amide bonds. The third-order valence-corrected chi connectivity index (χ3v) is 3.01. The topological polar surface area (TPSA) is 40.5 Å². The fourth-order valence-electron chi connectivity index (χ4n) is 1.55. The normalized spacial score (nSPS) is 12.2. The Kier molecular flexibility index (Phi) is 3.93. The zero-order chi connectivity index (χ0) is 12.3. The highest BCUT2D eigenvalue weighted by molar-refractivity contribution is 5.95. The lowest BCUT2D eigenvalue weighted by Crippen LogP contribution is -2.34. The summed E-state index contributed by atoms with van der Waals surface area (Å²) < 4.78 is 0. The molecule has 0 aromatic heterocycles. The maximum atomic E-state index is 12.1. The largest absolute Gasteiger partial charge is 0.508 e. The summed E-state index contributed by atoms with van der Waals surface area (Å²) in [5.74, 6) is 0.201. The van der Waals surface area contributed by atoms with Gasteiger partial charge < -0.3 is 10.0 Å². The first-order valence-electron chi connectivity index (χ1n) is 5.54. The Morgan fingerprint density at radius 3 is 2.62 bits per heavy atom. The van der Waals surface area contributed by atoms with E-state index in [-0.39, 0.29) is 17.7 Å². The summed E-state index contributed by atoms with van der Waals surface area (Å²) in [4.78, 5) is 13.9. The standard InChI is InChI=1S/C13H19NO2/c1-5-10(3)14(4)13(16)12-7-6-11(15)8-9(12)2/h6-8,10,15H,5H2,1-4H3. The van der Waals surface area contributed by atoms with E-state index in [1.165, 1.54) is 0 Å². The van der Waals surface area contributed by atoms with Crippen molar-refractivity contribution >= 4 is 5.91 Å². The fourth-order valence-corrected chi connectivity index (χ4v) is 1.55. The minimum Gasteiger partial charge on any atom is -0.508 e. The number of benzene rings is 1. The van der Waals surface area contributed by atoms with Crippen LogP contribution in [0, 0.1) is 6.92 Å². The first-order chi connectivity index (χ1) is 7.47. The number of phenols is 1. The molecule has 0 bridgehead atoms. The number of hydrogen-bond donors (Lipinski definition) is 1. The second-order valence-corrected chi connectivity index (χ2v) is 4.17. The predicted octanol–water partition coefficient (Wildman–Crippen LogP) is 2.57. The first-order valence-corrected chi connectivity index (χ1v) is 5.54. The molecule has 0 aliphatic heterocycles. The van der Waals surface area contributed by atoms with Crippen LogP contribution in [0.25, 0.3) is 0 Å². The second-order valence-electron chi connectivity index (χ2n) is 4.17. The molecule has 16 heavy (non-hydrogen) atoms. The first kappa shape index (κ1) is 12.6. The van der Waals surface area contributed by atoms with Gasteiger partial charge in [0, 0.05) is 18.7 Å². The highest BCUT2D eigenvalue weighted by Gasteiger charge is 2.17. The zero-order valence-corrected chi connectivity index (χ0v) is 10.3. The van der Waals surface area contributed by atoms with Crippen LogP contribution >= 0.6 is 0 Å². The molecular formula is C13H19NO2. The monoisotopic (exact) mass is 221 g/mol. The van der Waals surface area contributed by atoms with E-state index in [4.69, 9.17) is 0 Å². The van der Waals surface area contributed by atoms with Crippen molar-refractivity contribution in [3.8, 4) is 5.75 Å². The number of amides is 1. The van der Waals surface area contributed by atoms with Crippen molar-refractivity contribution in [2.45, 2.75) is 33.2 Å². The minimum atomic E-state index is 0.00634. The number of aromatic hydroxyl groups is 1. The van der Waals surface area contributed by atoms with Crippen molar-refractivity contribution in [1.82, 2.24) is 4.90 Å². The van der Waals surface area contributed by atoms with Crippen molar-refractivity contribution in [3.05, 3.63) is 29.3 Å². The molecule has 3 nitrogen and oxygen atoms in total. The van der Waals surface area contributed by atoms with Gasteiger partial charge in [-0.2, -0.15) is 0 Å². The summed E-state index contributed by atoms with van der Waals surface area (Å²) in [7, 11) is 1.81. The Bertz CT molecular complexity index is 388. The van der Waals surface area contributed by atoms with Crippen LogP contribution in [0.1, 0.15) is 36.2 Å². The van der Waals surface area contributed by atoms with E-state index in [1.807, 2.05) is 20.9 Å². The van der Waals surface area contributed by atoms with Crippen molar-refractivity contribution < 1.29 is 9.90 Å². The van der Waals surface area contributed by atoms with Gasteiger partial charge in [-0.05, 0) is 44.0 Å². The number of carbonyl (C=O) groups is 1. The molecule has 1 unspecified atom stereocenters. The van der Waals surface area contributed by atoms with Crippen LogP contribution in [0.5, 0.6) is 5.75 Å². The highest BCUT2D eigenvalue weighted by Crippen LogP contribution is 2.18. The second kappa shape index (κ2) is 5.01. The summed E-state index contributed by atoms with van der Waals surface area (Å²) in [5.41, 5.74) is 1.46. The molecule has 1 rings (SSSR count). The molecular weight excluding hydrogens is 202 g/mol. The number of phenolic OH excluding ortho intramolecular Hbond substituents is 1. The molecule has 1 atom stereocenters. The summed E-state index contributed by atoms with van der Waals surface area (Å²) in [6, 6.07) is 5.05. The van der Waals surface area contributed by atoms with E-state index in [9.17, 15) is 9.90 Å². The molecule has 0 saturated carbocycles. The van der Waals surface area contributed by atoms with E-state index >= 15 is 0 Å². The lowest BCUT2D eigenvalue weighted by Gasteiger charge is -2.24. The molecule has 1 aromatic carbocycles. The SMILES string of the molecule is CCC(C)N(C)C(=O)c1ccc(O)cc1C. The molecule has 0 spiro atoms. The van der Waals surface area contributed by atoms with Crippen LogP contribution in [0.15, 0.2) is 18.2 Å². The van der Waals surface area contributed by atoms with Crippen LogP contribution < -0.4 is 0 Å². The molecule has 0 fully saturated rings. The van der Waals surface area contributed by atoms with E-state index in [1.54, 1.807) is 23.1 Å². The molecule has 88 valence electrons. The van der Waals surface area contributed by atoms with Crippen LogP contribution in [-0.4, -0.2) is 29.0 Å². The van der Waals surface area contributed by atoms with Crippen molar-refractivity contribution in [2.24, 2.45) is 0 Å². The van der Waals surface area contributed by atoms with Gasteiger partial charge in [0.1, 0.15) is 5.75 Å². The fraction of sp³-hybridized carbons (Fsp3) is 0.462. The molecule has 3 heteroatoms. The summed E-state index contributed by atoms with van der Waals surface area (Å²) in [6.45, 7) is 5.91. The van der Waals surface area contributed by atoms with E-state index in [0.29, 0.717) is 5.56 Å². The number of rotatable bonds is 3. The minimum absolute atomic E-state index is 0.00634. The van der Waals surface area contributed by atoms with Gasteiger partial charge in [-0.25, -0.2) is 0 Å². The van der Waals surface area contributed by atoms with Crippen LogP contribution in [0.2, 0.25) is 0 Å². The van der Waals surface area contributed by atoms with Gasteiger partial charge in [-0.3, -0.25) is 4.79 Å². The summed E-state index contributed by atoms with van der Waals surface area (Å²) in [5, 5.41) is 9.29. The Morgan fingerprint density at radius 1 is 1.50 bits per heavy atom. The van der Waals surface area contributed by atoms with Crippen molar-refractivity contribution in [1.29, 1.82) is 0 Å². The predicted molar refractivity (Wildman–Crippen MR) is 64.7 cm³/mol. The van der Waals surface area contributed by atoms with Gasteiger partial charge in [0.15, 0.2) is 0 Å². The third-order valence-electron chi connectivity index (χ3n) is 3.01. The van der Waals surface area contributed by atoms with Gasteiger partial charge in [0.05, 0.1) is 0 Å². The lowest BCUT2D eigenvalue weighted by molar-refractivity contribution is 0.0740. The maximum Gasteiger partial charge on any atom is 0.254 e. The van der Waals surface area contributed by atoms with Gasteiger partial charge in [0.2, 0.25) is 0 Å². The van der Waals surface area contributed by atoms with Gasteiger partial charge in [-0.15, -0.1) is 0 Å². The maximum absolute atomic E-state index is 12.1. The summed E-state index contributed by atoms with van der Waals surface area (Å²) in [6.07, 6.45) is 0.930. The van der Waals surface area contributed by atoms with E-state index < -0.39 is 0 Å². The van der Waals surface area contributed by atoms with Gasteiger partial charge >= 0.3 is 0 Å². The van der Waals surface area contributed by atoms with Gasteiger partial charge in [0.25, 0.3) is 5.91 Å². The third kappa shape index (κ3) is 2.54. The van der Waals surface area contributed by atoms with E-state index in [2.05, 4.69) is 6.92 Å². The molecule has 0 radical (unpaired) electrons. The van der Waals surface area contributed by atoms with Crippen LogP contribution in [0.4, 0.5) is 0 Å².